The Balaban J connectivity index is 1.92. The molecule has 0 aliphatic carbocycles. The van der Waals surface area contributed by atoms with Gasteiger partial charge in [-0.05, 0) is 32.0 Å². The number of halogens is 5. The van der Waals surface area contributed by atoms with Crippen molar-refractivity contribution in [2.45, 2.75) is 37.2 Å². The number of benzene rings is 1. The summed E-state index contributed by atoms with van der Waals surface area (Å²) in [5.41, 5.74) is 3.91. The molecule has 3 atom stereocenters. The van der Waals surface area contributed by atoms with Crippen molar-refractivity contribution in [3.05, 3.63) is 53.4 Å². The Bertz CT molecular complexity index is 1240. The average Bonchev–Trinajstić information content (AvgIpc) is 2.82. The Labute approximate surface area is 213 Å². The van der Waals surface area contributed by atoms with E-state index in [0.29, 0.717) is 0 Å². The predicted molar refractivity (Wildman–Crippen MR) is 128 cm³/mol. The number of amides is 2. The number of hydrogen-bond acceptors (Lipinski definition) is 7. The van der Waals surface area contributed by atoms with Gasteiger partial charge in [0, 0.05) is 30.3 Å². The van der Waals surface area contributed by atoms with Crippen molar-refractivity contribution in [2.24, 2.45) is 16.6 Å². The lowest BCUT2D eigenvalue weighted by Gasteiger charge is -2.46. The molecule has 0 saturated carbocycles. The van der Waals surface area contributed by atoms with Crippen molar-refractivity contribution in [1.82, 2.24) is 10.3 Å². The maximum Gasteiger partial charge on any atom is 0.422 e. The Kier molecular flexibility index (Phi) is 7.72. The number of amidine groups is 1. The summed E-state index contributed by atoms with van der Waals surface area (Å²) >= 11 is 1.00. The first kappa shape index (κ1) is 28.2. The third-order valence-corrected chi connectivity index (χ3v) is 7.47. The van der Waals surface area contributed by atoms with Crippen LogP contribution in [-0.2, 0) is 10.3 Å². The van der Waals surface area contributed by atoms with Crippen molar-refractivity contribution in [2.75, 3.05) is 19.0 Å². The van der Waals surface area contributed by atoms with E-state index in [2.05, 4.69) is 25.3 Å². The standard InChI is InChI=1S/C23H24F5N5O3S/c1-11-21(2,33-20(29)37-22(11,3)19(35)30-4)14-7-12(8-15(24)17(14)25)32-18(34)16-6-5-13(9-31-16)36-10-23(26,27)28/h5-9,11H,10H2,1-4H3,(H2,29,33)(H,30,35)(H,32,34)/t11?,21-,22-/m0/s1. The zero-order chi connectivity index (χ0) is 27.8. The van der Waals surface area contributed by atoms with Gasteiger partial charge in [0.15, 0.2) is 23.4 Å². The van der Waals surface area contributed by atoms with E-state index >= 15 is 4.39 Å². The summed E-state index contributed by atoms with van der Waals surface area (Å²) in [6.07, 6.45) is -3.62. The molecule has 0 fully saturated rings. The van der Waals surface area contributed by atoms with Gasteiger partial charge < -0.3 is 21.1 Å². The summed E-state index contributed by atoms with van der Waals surface area (Å²) in [6, 6.07) is 4.17. The highest BCUT2D eigenvalue weighted by atomic mass is 32.2. The minimum absolute atomic E-state index is 0.00187. The number of nitrogens with one attached hydrogen (secondary N) is 2. The first-order chi connectivity index (χ1) is 17.1. The molecule has 1 unspecified atom stereocenters. The normalized spacial score (nSPS) is 23.7. The van der Waals surface area contributed by atoms with E-state index in [1.54, 1.807) is 13.8 Å². The van der Waals surface area contributed by atoms with Crippen LogP contribution >= 0.6 is 11.8 Å². The number of nitrogens with two attached hydrogens (primary N) is 1. The Hall–Kier alpha value is -3.42. The third kappa shape index (κ3) is 5.78. The van der Waals surface area contributed by atoms with Crippen molar-refractivity contribution in [3.63, 3.8) is 0 Å². The molecule has 1 aliphatic rings. The van der Waals surface area contributed by atoms with Crippen molar-refractivity contribution < 1.29 is 36.3 Å². The maximum absolute atomic E-state index is 15.1. The van der Waals surface area contributed by atoms with Crippen LogP contribution in [0.4, 0.5) is 27.6 Å². The lowest BCUT2D eigenvalue weighted by atomic mass is 9.73. The zero-order valence-electron chi connectivity index (χ0n) is 20.2. The van der Waals surface area contributed by atoms with Gasteiger partial charge in [0.1, 0.15) is 16.2 Å². The van der Waals surface area contributed by atoms with Gasteiger partial charge in [0.2, 0.25) is 5.91 Å². The number of aromatic nitrogens is 1. The zero-order valence-corrected chi connectivity index (χ0v) is 21.0. The van der Waals surface area contributed by atoms with Crippen LogP contribution in [0.2, 0.25) is 0 Å². The van der Waals surface area contributed by atoms with Crippen LogP contribution in [0.25, 0.3) is 0 Å². The van der Waals surface area contributed by atoms with Crippen molar-refractivity contribution >= 4 is 34.4 Å². The molecule has 0 radical (unpaired) electrons. The lowest BCUT2D eigenvalue weighted by molar-refractivity contribution is -0.153. The van der Waals surface area contributed by atoms with Crippen LogP contribution in [-0.4, -0.2) is 46.5 Å². The van der Waals surface area contributed by atoms with Crippen LogP contribution in [0.5, 0.6) is 5.75 Å². The van der Waals surface area contributed by atoms with E-state index in [1.165, 1.54) is 20.0 Å². The highest BCUT2D eigenvalue weighted by molar-refractivity contribution is 8.15. The van der Waals surface area contributed by atoms with Crippen LogP contribution in [0.3, 0.4) is 0 Å². The average molecular weight is 546 g/mol. The SMILES string of the molecule is CNC(=O)[C@@]1(C)SC(N)=N[C@](C)(c2cc(NC(=O)c3ccc(OCC(F)(F)F)cn3)cc(F)c2F)C1C. The van der Waals surface area contributed by atoms with Gasteiger partial charge in [-0.15, -0.1) is 0 Å². The first-order valence-corrected chi connectivity index (χ1v) is 11.7. The molecule has 4 N–H and O–H groups in total. The number of hydrogen-bond donors (Lipinski definition) is 3. The van der Waals surface area contributed by atoms with Crippen LogP contribution in [0.15, 0.2) is 35.5 Å². The third-order valence-electron chi connectivity index (χ3n) is 6.21. The number of anilines is 1. The number of nitrogens with zero attached hydrogens (tertiary/aromatic N) is 2. The van der Waals surface area contributed by atoms with E-state index in [0.717, 1.165) is 36.2 Å². The smallest absolute Gasteiger partial charge is 0.422 e. The molecule has 2 aromatic rings. The lowest BCUT2D eigenvalue weighted by Crippen LogP contribution is -2.55. The summed E-state index contributed by atoms with van der Waals surface area (Å²) in [4.78, 5) is 33.4. The minimum Gasteiger partial charge on any atom is -0.483 e. The highest BCUT2D eigenvalue weighted by Crippen LogP contribution is 2.50. The number of rotatable bonds is 6. The van der Waals surface area contributed by atoms with Gasteiger partial charge >= 0.3 is 6.18 Å². The Morgan fingerprint density at radius 1 is 1.22 bits per heavy atom. The molecule has 2 heterocycles. The number of pyridine rings is 1. The second kappa shape index (κ2) is 10.1. The van der Waals surface area contributed by atoms with Crippen LogP contribution < -0.4 is 21.1 Å². The van der Waals surface area contributed by atoms with E-state index in [1.807, 2.05) is 0 Å². The van der Waals surface area contributed by atoms with E-state index in [-0.39, 0.29) is 33.8 Å². The van der Waals surface area contributed by atoms with Gasteiger partial charge in [0.25, 0.3) is 5.91 Å². The molecular weight excluding hydrogens is 521 g/mol. The Morgan fingerprint density at radius 2 is 1.89 bits per heavy atom. The second-order valence-corrected chi connectivity index (χ2v) is 10.1. The molecule has 200 valence electrons. The number of thioether (sulfide) groups is 1. The molecule has 0 bridgehead atoms. The molecule has 0 saturated heterocycles. The quantitative estimate of drug-likeness (QED) is 0.473. The molecule has 2 amide bonds. The Morgan fingerprint density at radius 3 is 2.46 bits per heavy atom. The fourth-order valence-electron chi connectivity index (χ4n) is 3.96. The van der Waals surface area contributed by atoms with E-state index in [9.17, 15) is 27.2 Å². The van der Waals surface area contributed by atoms with Crippen LogP contribution in [0.1, 0.15) is 36.8 Å². The highest BCUT2D eigenvalue weighted by Gasteiger charge is 2.54. The molecule has 3 rings (SSSR count). The summed E-state index contributed by atoms with van der Waals surface area (Å²) < 4.78 is 70.0. The topological polar surface area (TPSA) is 119 Å². The molecule has 8 nitrogen and oxygen atoms in total. The largest absolute Gasteiger partial charge is 0.483 e. The van der Waals surface area contributed by atoms with Gasteiger partial charge in [-0.3, -0.25) is 14.6 Å². The fraction of sp³-hybridized carbons (Fsp3) is 0.391. The van der Waals surface area contributed by atoms with Gasteiger partial charge in [-0.25, -0.2) is 13.8 Å². The monoisotopic (exact) mass is 545 g/mol. The summed E-state index contributed by atoms with van der Waals surface area (Å²) in [6.45, 7) is 3.26. The number of ether oxygens (including phenoxy) is 1. The summed E-state index contributed by atoms with van der Waals surface area (Å²) in [7, 11) is 1.44. The van der Waals surface area contributed by atoms with Crippen molar-refractivity contribution in [1.29, 1.82) is 0 Å². The van der Waals surface area contributed by atoms with Gasteiger partial charge in [0.05, 0.1) is 11.7 Å². The van der Waals surface area contributed by atoms with E-state index < -0.39 is 46.5 Å². The first-order valence-electron chi connectivity index (χ1n) is 10.8. The number of carbonyl (C=O) groups excluding carboxylic acids is 2. The fourth-order valence-corrected chi connectivity index (χ4v) is 5.24. The number of carbonyl (C=O) groups is 2. The van der Waals surface area contributed by atoms with E-state index in [4.69, 9.17) is 5.73 Å². The van der Waals surface area contributed by atoms with Gasteiger partial charge in [-0.1, -0.05) is 18.7 Å². The molecule has 1 aliphatic heterocycles. The molecule has 37 heavy (non-hydrogen) atoms. The van der Waals surface area contributed by atoms with Crippen LogP contribution in [0, 0.1) is 17.6 Å². The molecule has 0 spiro atoms. The molecule has 1 aromatic heterocycles. The number of alkyl halides is 3. The summed E-state index contributed by atoms with van der Waals surface area (Å²) in [5, 5.41) is 4.93. The van der Waals surface area contributed by atoms with Gasteiger partial charge in [-0.2, -0.15) is 13.2 Å². The second-order valence-electron chi connectivity index (χ2n) is 8.66. The number of aliphatic imine (C=N–C) groups is 1. The summed E-state index contributed by atoms with van der Waals surface area (Å²) in [5.74, 6) is -4.61. The minimum atomic E-state index is -4.54. The maximum atomic E-state index is 15.1. The molecule has 14 heteroatoms. The molecule has 1 aromatic carbocycles. The molecular formula is C23H24F5N5O3S. The van der Waals surface area contributed by atoms with Crippen molar-refractivity contribution in [3.8, 4) is 5.75 Å². The predicted octanol–water partition coefficient (Wildman–Crippen LogP) is 3.97.